The second kappa shape index (κ2) is 9.00. The average Bonchev–Trinajstić information content (AvgIpc) is 3.16. The molecule has 0 aliphatic heterocycles. The zero-order valence-corrected chi connectivity index (χ0v) is 19.0. The molecule has 1 aliphatic carbocycles. The van der Waals surface area contributed by atoms with E-state index in [0.717, 1.165) is 48.7 Å². The van der Waals surface area contributed by atoms with Crippen molar-refractivity contribution in [3.05, 3.63) is 53.5 Å². The molecule has 0 saturated heterocycles. The smallest absolute Gasteiger partial charge is 0.274 e. The van der Waals surface area contributed by atoms with Gasteiger partial charge >= 0.3 is 0 Å². The van der Waals surface area contributed by atoms with Crippen molar-refractivity contribution >= 4 is 22.5 Å². The third kappa shape index (κ3) is 4.84. The number of hydrogen-bond donors (Lipinski definition) is 3. The maximum Gasteiger partial charge on any atom is 0.274 e. The Hall–Kier alpha value is -2.77. The number of nitrogens with one attached hydrogen (secondary N) is 1. The van der Waals surface area contributed by atoms with Crippen molar-refractivity contribution in [2.75, 3.05) is 11.9 Å². The maximum absolute atomic E-state index is 12.8. The number of aliphatic hydroxyl groups excluding tert-OH is 1. The maximum atomic E-state index is 12.8. The Morgan fingerprint density at radius 2 is 1.97 bits per heavy atom. The van der Waals surface area contributed by atoms with Crippen LogP contribution < -0.4 is 5.32 Å². The number of aliphatic hydroxyl groups is 2. The van der Waals surface area contributed by atoms with Crippen LogP contribution in [0.25, 0.3) is 10.9 Å². The van der Waals surface area contributed by atoms with Crippen molar-refractivity contribution in [2.45, 2.75) is 64.5 Å². The number of amides is 1. The first kappa shape index (κ1) is 22.4. The number of carbonyl (C=O) groups excluding carboxylic acids is 1. The molecule has 2 heterocycles. The second-order valence-electron chi connectivity index (χ2n) is 9.43. The highest BCUT2D eigenvalue weighted by atomic mass is 16.3. The van der Waals surface area contributed by atoms with Crippen LogP contribution in [0.4, 0.5) is 5.69 Å². The van der Waals surface area contributed by atoms with E-state index in [1.807, 2.05) is 36.0 Å². The standard InChI is InChI=1S/C25H32N4O3/c1-16-5-4-6-21(26-16)24(31)27-23-13-18-15-29(19-9-7-17(8-10-19)11-12-30)28-22(18)14-20(23)25(2,3)32/h4-6,13-15,17,19,30,32H,7-12H2,1-3H3,(H,27,31). The van der Waals surface area contributed by atoms with Gasteiger partial charge in [0, 0.05) is 35.1 Å². The Kier molecular flexibility index (Phi) is 6.31. The molecule has 7 nitrogen and oxygen atoms in total. The van der Waals surface area contributed by atoms with Gasteiger partial charge in [0.15, 0.2) is 0 Å². The fraction of sp³-hybridized carbons (Fsp3) is 0.480. The van der Waals surface area contributed by atoms with Crippen molar-refractivity contribution in [3.63, 3.8) is 0 Å². The lowest BCUT2D eigenvalue weighted by atomic mass is 9.84. The molecule has 0 spiro atoms. The summed E-state index contributed by atoms with van der Waals surface area (Å²) in [5.74, 6) is 0.285. The van der Waals surface area contributed by atoms with Gasteiger partial charge in [0.1, 0.15) is 5.69 Å². The van der Waals surface area contributed by atoms with E-state index in [-0.39, 0.29) is 12.5 Å². The van der Waals surface area contributed by atoms with Crippen LogP contribution in [0.1, 0.15) is 73.7 Å². The Labute approximate surface area is 188 Å². The van der Waals surface area contributed by atoms with Gasteiger partial charge in [0.2, 0.25) is 0 Å². The summed E-state index contributed by atoms with van der Waals surface area (Å²) in [4.78, 5) is 17.1. The summed E-state index contributed by atoms with van der Waals surface area (Å²) in [5.41, 5.74) is 1.93. The molecule has 1 saturated carbocycles. The van der Waals surface area contributed by atoms with E-state index >= 15 is 0 Å². The van der Waals surface area contributed by atoms with Crippen LogP contribution in [-0.2, 0) is 5.60 Å². The molecular weight excluding hydrogens is 404 g/mol. The fourth-order valence-corrected chi connectivity index (χ4v) is 4.62. The van der Waals surface area contributed by atoms with Crippen LogP contribution in [0.15, 0.2) is 36.5 Å². The predicted octanol–water partition coefficient (Wildman–Crippen LogP) is 4.33. The van der Waals surface area contributed by atoms with Crippen LogP contribution in [-0.4, -0.2) is 37.5 Å². The van der Waals surface area contributed by atoms with E-state index < -0.39 is 5.60 Å². The fourth-order valence-electron chi connectivity index (χ4n) is 4.62. The topological polar surface area (TPSA) is 100 Å². The number of aryl methyl sites for hydroxylation is 1. The largest absolute Gasteiger partial charge is 0.396 e. The Balaban J connectivity index is 1.63. The molecule has 32 heavy (non-hydrogen) atoms. The van der Waals surface area contributed by atoms with Crippen LogP contribution in [0.5, 0.6) is 0 Å². The number of nitrogens with zero attached hydrogens (tertiary/aromatic N) is 3. The van der Waals surface area contributed by atoms with Gasteiger partial charge in [0.25, 0.3) is 5.91 Å². The highest BCUT2D eigenvalue weighted by Crippen LogP contribution is 2.36. The molecule has 1 fully saturated rings. The Morgan fingerprint density at radius 1 is 1.22 bits per heavy atom. The lowest BCUT2D eigenvalue weighted by Gasteiger charge is -2.28. The predicted molar refractivity (Wildman–Crippen MR) is 125 cm³/mol. The molecule has 0 atom stereocenters. The van der Waals surface area contributed by atoms with Crippen molar-refractivity contribution in [1.29, 1.82) is 0 Å². The Morgan fingerprint density at radius 3 is 2.62 bits per heavy atom. The second-order valence-corrected chi connectivity index (χ2v) is 9.43. The summed E-state index contributed by atoms with van der Waals surface area (Å²) in [6, 6.07) is 9.40. The molecule has 1 amide bonds. The van der Waals surface area contributed by atoms with Gasteiger partial charge in [-0.05, 0) is 83.1 Å². The molecule has 4 rings (SSSR count). The molecule has 170 valence electrons. The molecule has 0 radical (unpaired) electrons. The molecule has 7 heteroatoms. The van der Waals surface area contributed by atoms with Crippen LogP contribution in [0.3, 0.4) is 0 Å². The number of anilines is 1. The first-order valence-corrected chi connectivity index (χ1v) is 11.4. The molecule has 2 aromatic heterocycles. The highest BCUT2D eigenvalue weighted by molar-refractivity contribution is 6.04. The zero-order valence-electron chi connectivity index (χ0n) is 19.0. The molecule has 3 aromatic rings. The molecule has 0 unspecified atom stereocenters. The first-order valence-electron chi connectivity index (χ1n) is 11.4. The third-order valence-electron chi connectivity index (χ3n) is 6.42. The Bertz CT molecular complexity index is 1110. The number of carbonyl (C=O) groups is 1. The van der Waals surface area contributed by atoms with Gasteiger partial charge in [-0.1, -0.05) is 6.07 Å². The van der Waals surface area contributed by atoms with Crippen molar-refractivity contribution in [1.82, 2.24) is 14.8 Å². The van der Waals surface area contributed by atoms with Crippen LogP contribution in [0, 0.1) is 12.8 Å². The van der Waals surface area contributed by atoms with Gasteiger partial charge in [-0.2, -0.15) is 5.10 Å². The molecule has 1 aliphatic rings. The van der Waals surface area contributed by atoms with Gasteiger partial charge in [-0.15, -0.1) is 0 Å². The molecular formula is C25H32N4O3. The summed E-state index contributed by atoms with van der Waals surface area (Å²) in [7, 11) is 0. The molecule has 3 N–H and O–H groups in total. The van der Waals surface area contributed by atoms with E-state index in [9.17, 15) is 15.0 Å². The lowest BCUT2D eigenvalue weighted by molar-refractivity contribution is 0.0793. The number of benzene rings is 1. The number of fused-ring (bicyclic) bond motifs is 1. The quantitative estimate of drug-likeness (QED) is 0.534. The minimum atomic E-state index is -1.15. The third-order valence-corrected chi connectivity index (χ3v) is 6.42. The molecule has 0 bridgehead atoms. The lowest BCUT2D eigenvalue weighted by Crippen LogP contribution is -2.21. The van der Waals surface area contributed by atoms with E-state index in [1.165, 1.54) is 0 Å². The van der Waals surface area contributed by atoms with Crippen molar-refractivity contribution < 1.29 is 15.0 Å². The van der Waals surface area contributed by atoms with Gasteiger partial charge in [-0.3, -0.25) is 9.48 Å². The van der Waals surface area contributed by atoms with Gasteiger partial charge in [-0.25, -0.2) is 4.98 Å². The summed E-state index contributed by atoms with van der Waals surface area (Å²) >= 11 is 0. The van der Waals surface area contributed by atoms with Crippen molar-refractivity contribution in [2.24, 2.45) is 5.92 Å². The van der Waals surface area contributed by atoms with Gasteiger partial charge < -0.3 is 15.5 Å². The number of rotatable bonds is 6. The minimum Gasteiger partial charge on any atom is -0.396 e. The van der Waals surface area contributed by atoms with Gasteiger partial charge in [0.05, 0.1) is 17.2 Å². The summed E-state index contributed by atoms with van der Waals surface area (Å²) < 4.78 is 2.03. The summed E-state index contributed by atoms with van der Waals surface area (Å²) in [6.07, 6.45) is 7.18. The number of hydrogen-bond acceptors (Lipinski definition) is 5. The minimum absolute atomic E-state index is 0.257. The van der Waals surface area contributed by atoms with E-state index in [2.05, 4.69) is 10.3 Å². The molecule has 1 aromatic carbocycles. The van der Waals surface area contributed by atoms with E-state index in [1.54, 1.807) is 26.0 Å². The zero-order chi connectivity index (χ0) is 22.9. The summed E-state index contributed by atoms with van der Waals surface area (Å²) in [5, 5.41) is 28.6. The highest BCUT2D eigenvalue weighted by Gasteiger charge is 2.26. The van der Waals surface area contributed by atoms with E-state index in [4.69, 9.17) is 5.10 Å². The monoisotopic (exact) mass is 436 g/mol. The summed E-state index contributed by atoms with van der Waals surface area (Å²) in [6.45, 7) is 5.51. The van der Waals surface area contributed by atoms with Crippen LogP contribution in [0.2, 0.25) is 0 Å². The normalized spacial score (nSPS) is 19.3. The van der Waals surface area contributed by atoms with E-state index in [0.29, 0.717) is 28.9 Å². The average molecular weight is 437 g/mol. The first-order chi connectivity index (χ1) is 15.2. The van der Waals surface area contributed by atoms with Crippen molar-refractivity contribution in [3.8, 4) is 0 Å². The van der Waals surface area contributed by atoms with Crippen LogP contribution >= 0.6 is 0 Å². The number of pyridine rings is 1. The number of aromatic nitrogens is 3. The SMILES string of the molecule is Cc1cccc(C(=O)Nc2cc3cn(C4CCC(CCO)CC4)nc3cc2C(C)(C)O)n1.